The van der Waals surface area contributed by atoms with Gasteiger partial charge in [-0.05, 0) is 49.2 Å². The van der Waals surface area contributed by atoms with E-state index < -0.39 is 15.8 Å². The molecule has 0 radical (unpaired) electrons. The van der Waals surface area contributed by atoms with E-state index >= 15 is 0 Å². The van der Waals surface area contributed by atoms with Crippen LogP contribution in [-0.4, -0.2) is 38.8 Å². The molecule has 7 nitrogen and oxygen atoms in total. The molecule has 1 aliphatic rings. The third kappa shape index (κ3) is 4.55. The maximum absolute atomic E-state index is 13.6. The lowest BCUT2D eigenvalue weighted by atomic mass is 9.97. The van der Waals surface area contributed by atoms with Crippen LogP contribution in [0.15, 0.2) is 47.4 Å². The number of sulfonamides is 1. The number of hydrogen-bond donors (Lipinski definition) is 1. The second-order valence-electron chi connectivity index (χ2n) is 6.66. The lowest BCUT2D eigenvalue weighted by Gasteiger charge is -2.30. The lowest BCUT2D eigenvalue weighted by molar-refractivity contribution is -0.120. The molecule has 1 N–H and O–H groups in total. The standard InChI is InChI=1S/C20H20FN3O4S/c1-28-18-6-5-16(21)12-19(18)29(26,27)24-9-7-15(8-10-24)20(25)23-17-4-2-3-14(11-17)13-22/h2-6,11-12,15H,7-10H2,1H3,(H,23,25). The minimum absolute atomic E-state index is 0.0728. The zero-order valence-corrected chi connectivity index (χ0v) is 16.6. The Hall–Kier alpha value is -2.96. The highest BCUT2D eigenvalue weighted by molar-refractivity contribution is 7.89. The monoisotopic (exact) mass is 417 g/mol. The normalized spacial score (nSPS) is 15.5. The van der Waals surface area contributed by atoms with Crippen LogP contribution in [0.5, 0.6) is 5.75 Å². The minimum Gasteiger partial charge on any atom is -0.495 e. The molecule has 3 rings (SSSR count). The van der Waals surface area contributed by atoms with Crippen LogP contribution in [0.4, 0.5) is 10.1 Å². The number of rotatable bonds is 5. The topological polar surface area (TPSA) is 99.5 Å². The fraction of sp³-hybridized carbons (Fsp3) is 0.300. The van der Waals surface area contributed by atoms with E-state index in [-0.39, 0.29) is 35.6 Å². The number of benzene rings is 2. The molecule has 0 spiro atoms. The van der Waals surface area contributed by atoms with Gasteiger partial charge in [-0.3, -0.25) is 4.79 Å². The molecule has 29 heavy (non-hydrogen) atoms. The molecule has 1 amide bonds. The van der Waals surface area contributed by atoms with Crippen molar-refractivity contribution in [2.75, 3.05) is 25.5 Å². The number of nitrogens with zero attached hydrogens (tertiary/aromatic N) is 2. The number of nitrogens with one attached hydrogen (secondary N) is 1. The largest absolute Gasteiger partial charge is 0.495 e. The summed E-state index contributed by atoms with van der Waals surface area (Å²) in [6.45, 7) is 0.274. The molecular formula is C20H20FN3O4S. The fourth-order valence-corrected chi connectivity index (χ4v) is 4.90. The molecule has 0 saturated carbocycles. The molecule has 1 fully saturated rings. The Morgan fingerprint density at radius 2 is 1.97 bits per heavy atom. The van der Waals surface area contributed by atoms with Gasteiger partial charge in [0.25, 0.3) is 0 Å². The molecule has 2 aromatic carbocycles. The molecule has 1 aliphatic heterocycles. The summed E-state index contributed by atoms with van der Waals surface area (Å²) in [6.07, 6.45) is 0.668. The molecule has 1 saturated heterocycles. The number of carbonyl (C=O) groups is 1. The smallest absolute Gasteiger partial charge is 0.246 e. The maximum Gasteiger partial charge on any atom is 0.246 e. The average Bonchev–Trinajstić information content (AvgIpc) is 2.74. The van der Waals surface area contributed by atoms with E-state index in [2.05, 4.69) is 5.32 Å². The zero-order valence-electron chi connectivity index (χ0n) is 15.8. The van der Waals surface area contributed by atoms with E-state index in [1.165, 1.54) is 17.5 Å². The Bertz CT molecular complexity index is 1060. The van der Waals surface area contributed by atoms with Crippen molar-refractivity contribution in [2.24, 2.45) is 5.92 Å². The van der Waals surface area contributed by atoms with E-state index in [0.717, 1.165) is 12.1 Å². The van der Waals surface area contributed by atoms with Crippen LogP contribution in [0, 0.1) is 23.1 Å². The predicted octanol–water partition coefficient (Wildman–Crippen LogP) is 2.75. The third-order valence-corrected chi connectivity index (χ3v) is 6.75. The molecule has 152 valence electrons. The molecule has 1 heterocycles. The number of nitriles is 1. The highest BCUT2D eigenvalue weighted by Crippen LogP contribution is 2.30. The highest BCUT2D eigenvalue weighted by Gasteiger charge is 2.34. The number of hydrogen-bond acceptors (Lipinski definition) is 5. The summed E-state index contributed by atoms with van der Waals surface area (Å²) < 4.78 is 45.7. The summed E-state index contributed by atoms with van der Waals surface area (Å²) >= 11 is 0. The lowest BCUT2D eigenvalue weighted by Crippen LogP contribution is -2.41. The van der Waals surface area contributed by atoms with Gasteiger partial charge in [-0.2, -0.15) is 9.57 Å². The van der Waals surface area contributed by atoms with Gasteiger partial charge in [0.05, 0.1) is 18.7 Å². The number of piperidine rings is 1. The van der Waals surface area contributed by atoms with Gasteiger partial charge in [-0.1, -0.05) is 6.07 Å². The Kier molecular flexibility index (Phi) is 6.15. The zero-order chi connectivity index (χ0) is 21.0. The van der Waals surface area contributed by atoms with Gasteiger partial charge < -0.3 is 10.1 Å². The van der Waals surface area contributed by atoms with Gasteiger partial charge in [-0.15, -0.1) is 0 Å². The summed E-state index contributed by atoms with van der Waals surface area (Å²) in [7, 11) is -2.62. The first-order valence-electron chi connectivity index (χ1n) is 9.00. The number of amides is 1. The van der Waals surface area contributed by atoms with Crippen LogP contribution in [0.3, 0.4) is 0 Å². The quantitative estimate of drug-likeness (QED) is 0.806. The Labute approximate surface area is 168 Å². The van der Waals surface area contributed by atoms with E-state index in [1.54, 1.807) is 24.3 Å². The maximum atomic E-state index is 13.6. The van der Waals surface area contributed by atoms with Crippen LogP contribution in [0.2, 0.25) is 0 Å². The number of carbonyl (C=O) groups excluding carboxylic acids is 1. The Morgan fingerprint density at radius 3 is 2.62 bits per heavy atom. The number of methoxy groups -OCH3 is 1. The first kappa shape index (κ1) is 20.8. The van der Waals surface area contributed by atoms with Gasteiger partial charge >= 0.3 is 0 Å². The van der Waals surface area contributed by atoms with Gasteiger partial charge in [0.1, 0.15) is 16.5 Å². The molecule has 9 heteroatoms. The minimum atomic E-state index is -3.94. The van der Waals surface area contributed by atoms with Gasteiger partial charge in [0.15, 0.2) is 0 Å². The van der Waals surface area contributed by atoms with Crippen LogP contribution in [-0.2, 0) is 14.8 Å². The fourth-order valence-electron chi connectivity index (χ4n) is 3.26. The van der Waals surface area contributed by atoms with Crippen molar-refractivity contribution < 1.29 is 22.3 Å². The molecule has 2 aromatic rings. The summed E-state index contributed by atoms with van der Waals surface area (Å²) in [4.78, 5) is 12.3. The van der Waals surface area contributed by atoms with Crippen molar-refractivity contribution in [3.05, 3.63) is 53.8 Å². The van der Waals surface area contributed by atoms with Crippen LogP contribution >= 0.6 is 0 Å². The summed E-state index contributed by atoms with van der Waals surface area (Å²) in [5.74, 6) is -1.18. The van der Waals surface area contributed by atoms with Crippen molar-refractivity contribution in [3.8, 4) is 11.8 Å². The van der Waals surface area contributed by atoms with Crippen molar-refractivity contribution in [1.82, 2.24) is 4.31 Å². The SMILES string of the molecule is COc1ccc(F)cc1S(=O)(=O)N1CCC(C(=O)Nc2cccc(C#N)c2)CC1. The van der Waals surface area contributed by atoms with Gasteiger partial charge in [0.2, 0.25) is 15.9 Å². The highest BCUT2D eigenvalue weighted by atomic mass is 32.2. The molecular weight excluding hydrogens is 397 g/mol. The predicted molar refractivity (Wildman–Crippen MR) is 104 cm³/mol. The van der Waals surface area contributed by atoms with E-state index in [1.807, 2.05) is 6.07 Å². The van der Waals surface area contributed by atoms with E-state index in [9.17, 15) is 17.6 Å². The number of halogens is 1. The third-order valence-electron chi connectivity index (χ3n) is 4.83. The van der Waals surface area contributed by atoms with Crippen LogP contribution in [0.25, 0.3) is 0 Å². The van der Waals surface area contributed by atoms with Gasteiger partial charge in [-0.25, -0.2) is 12.8 Å². The van der Waals surface area contributed by atoms with Crippen LogP contribution in [0.1, 0.15) is 18.4 Å². The first-order valence-corrected chi connectivity index (χ1v) is 10.4. The first-order chi connectivity index (χ1) is 13.8. The number of anilines is 1. The Balaban J connectivity index is 1.67. The second-order valence-corrected chi connectivity index (χ2v) is 8.56. The second kappa shape index (κ2) is 8.59. The molecule has 0 unspecified atom stereocenters. The molecule has 0 bridgehead atoms. The van der Waals surface area contributed by atoms with Crippen LogP contribution < -0.4 is 10.1 Å². The summed E-state index contributed by atoms with van der Waals surface area (Å²) in [5, 5.41) is 11.7. The molecule has 0 aromatic heterocycles. The van der Waals surface area contributed by atoms with Crippen molar-refractivity contribution in [1.29, 1.82) is 5.26 Å². The van der Waals surface area contributed by atoms with Crippen molar-refractivity contribution in [2.45, 2.75) is 17.7 Å². The summed E-state index contributed by atoms with van der Waals surface area (Å²) in [6, 6.07) is 11.9. The number of ether oxygens (including phenoxy) is 1. The van der Waals surface area contributed by atoms with E-state index in [0.29, 0.717) is 24.1 Å². The molecule has 0 aliphatic carbocycles. The van der Waals surface area contributed by atoms with Gasteiger partial charge in [0, 0.05) is 24.7 Å². The average molecular weight is 417 g/mol. The van der Waals surface area contributed by atoms with Crippen molar-refractivity contribution >= 4 is 21.6 Å². The summed E-state index contributed by atoms with van der Waals surface area (Å²) in [5.41, 5.74) is 0.960. The Morgan fingerprint density at radius 1 is 1.24 bits per heavy atom. The van der Waals surface area contributed by atoms with Crippen molar-refractivity contribution in [3.63, 3.8) is 0 Å². The van der Waals surface area contributed by atoms with E-state index in [4.69, 9.17) is 10.00 Å². The molecule has 0 atom stereocenters.